The largest absolute Gasteiger partial charge is 0.393 e. The maximum Gasteiger partial charge on any atom is 0.393 e. The zero-order valence-electron chi connectivity index (χ0n) is 16.7. The van der Waals surface area contributed by atoms with Gasteiger partial charge < -0.3 is 10.5 Å². The number of halogens is 3. The topological polar surface area (TPSA) is 123 Å². The fourth-order valence-corrected chi connectivity index (χ4v) is 7.08. The van der Waals surface area contributed by atoms with Crippen LogP contribution in [0.15, 0.2) is 23.4 Å². The first-order chi connectivity index (χ1) is 14.4. The van der Waals surface area contributed by atoms with Gasteiger partial charge in [0.2, 0.25) is 0 Å². The van der Waals surface area contributed by atoms with E-state index in [2.05, 4.69) is 4.98 Å². The van der Waals surface area contributed by atoms with Crippen LogP contribution < -0.4 is 5.73 Å². The molecule has 0 aliphatic carbocycles. The van der Waals surface area contributed by atoms with E-state index in [9.17, 15) is 30.0 Å². The second kappa shape index (κ2) is 9.27. The molecule has 2 saturated heterocycles. The quantitative estimate of drug-likeness (QED) is 0.617. The van der Waals surface area contributed by atoms with E-state index < -0.39 is 56.8 Å². The minimum atomic E-state index is -4.65. The van der Waals surface area contributed by atoms with Crippen LogP contribution in [0.4, 0.5) is 13.2 Å². The zero-order chi connectivity index (χ0) is 22.9. The molecule has 176 valence electrons. The van der Waals surface area contributed by atoms with Crippen LogP contribution >= 0.6 is 0 Å². The molecule has 3 rings (SSSR count). The molecule has 14 heteroatoms. The summed E-state index contributed by atoms with van der Waals surface area (Å²) in [6, 6.07) is 2.82. The number of aromatic nitrogens is 1. The smallest absolute Gasteiger partial charge is 0.379 e. The second-order valence-corrected chi connectivity index (χ2v) is 11.6. The Balaban J connectivity index is 1.85. The van der Waals surface area contributed by atoms with E-state index in [1.54, 1.807) is 0 Å². The Morgan fingerprint density at radius 2 is 1.81 bits per heavy atom. The van der Waals surface area contributed by atoms with Crippen molar-refractivity contribution in [3.05, 3.63) is 23.9 Å². The predicted molar refractivity (Wildman–Crippen MR) is 105 cm³/mol. The Morgan fingerprint density at radius 1 is 1.13 bits per heavy atom. The molecule has 2 fully saturated rings. The number of hydrogen-bond acceptors (Lipinski definition) is 7. The third-order valence-electron chi connectivity index (χ3n) is 5.40. The molecule has 2 N–H and O–H groups in total. The average Bonchev–Trinajstić information content (AvgIpc) is 2.73. The van der Waals surface area contributed by atoms with Gasteiger partial charge in [0.25, 0.3) is 10.2 Å². The summed E-state index contributed by atoms with van der Waals surface area (Å²) in [4.78, 5) is 3.81. The van der Waals surface area contributed by atoms with Crippen molar-refractivity contribution in [1.29, 1.82) is 0 Å². The molecule has 2 unspecified atom stereocenters. The molecule has 0 radical (unpaired) electrons. The fraction of sp³-hybridized carbons (Fsp3) is 0.706. The molecule has 0 saturated carbocycles. The van der Waals surface area contributed by atoms with Crippen LogP contribution in [0.1, 0.15) is 12.0 Å². The number of sulfone groups is 1. The SMILES string of the molecule is NCc1ccnc(S(=O)(=O)CC2CC(C(F)(F)F)CN(S(=O)(=O)N3CCOCC3)C2)c1. The van der Waals surface area contributed by atoms with Gasteiger partial charge in [-0.05, 0) is 30.0 Å². The maximum absolute atomic E-state index is 13.5. The standard InChI is InChI=1S/C17H25F3N4O5S2/c18-17(19,20)15-7-14(12-30(25,26)16-8-13(9-21)1-2-22-16)10-24(11-15)31(27,28)23-3-5-29-6-4-23/h1-2,8,14-15H,3-7,9-12,21H2. The number of morpholine rings is 1. The van der Waals surface area contributed by atoms with Gasteiger partial charge in [-0.3, -0.25) is 0 Å². The average molecular weight is 487 g/mol. The number of pyridine rings is 1. The van der Waals surface area contributed by atoms with Gasteiger partial charge in [0.05, 0.1) is 24.9 Å². The molecule has 2 aliphatic rings. The Labute approximate surface area is 179 Å². The van der Waals surface area contributed by atoms with Crippen molar-refractivity contribution in [3.63, 3.8) is 0 Å². The highest BCUT2D eigenvalue weighted by molar-refractivity contribution is 7.91. The molecule has 1 aromatic rings. The van der Waals surface area contributed by atoms with Crippen molar-refractivity contribution in [2.75, 3.05) is 45.1 Å². The molecule has 0 spiro atoms. The van der Waals surface area contributed by atoms with Crippen molar-refractivity contribution in [3.8, 4) is 0 Å². The molecule has 9 nitrogen and oxygen atoms in total. The van der Waals surface area contributed by atoms with Crippen LogP contribution in [0.2, 0.25) is 0 Å². The van der Waals surface area contributed by atoms with Gasteiger partial charge in [0, 0.05) is 38.9 Å². The third kappa shape index (κ3) is 5.73. The van der Waals surface area contributed by atoms with E-state index in [0.29, 0.717) is 5.56 Å². The van der Waals surface area contributed by atoms with Gasteiger partial charge in [0.1, 0.15) is 0 Å². The normalized spacial score (nSPS) is 24.9. The van der Waals surface area contributed by atoms with Gasteiger partial charge in [-0.1, -0.05) is 0 Å². The summed E-state index contributed by atoms with van der Waals surface area (Å²) in [5.74, 6) is -3.64. The molecule has 31 heavy (non-hydrogen) atoms. The molecule has 0 amide bonds. The zero-order valence-corrected chi connectivity index (χ0v) is 18.3. The van der Waals surface area contributed by atoms with Crippen LogP contribution in [0.5, 0.6) is 0 Å². The fourth-order valence-electron chi connectivity index (χ4n) is 3.79. The van der Waals surface area contributed by atoms with E-state index in [1.807, 2.05) is 0 Å². The van der Waals surface area contributed by atoms with Gasteiger partial charge in [-0.15, -0.1) is 0 Å². The first-order valence-electron chi connectivity index (χ1n) is 9.71. The van der Waals surface area contributed by atoms with Crippen LogP contribution in [-0.2, 0) is 31.3 Å². The number of rotatable bonds is 6. The molecule has 0 aromatic carbocycles. The van der Waals surface area contributed by atoms with E-state index in [1.165, 1.54) is 18.3 Å². The molecular weight excluding hydrogens is 461 g/mol. The lowest BCUT2D eigenvalue weighted by Crippen LogP contribution is -2.55. The van der Waals surface area contributed by atoms with E-state index >= 15 is 0 Å². The summed E-state index contributed by atoms with van der Waals surface area (Å²) in [6.07, 6.45) is -3.86. The number of hydrogen-bond donors (Lipinski definition) is 1. The number of piperidine rings is 1. The first-order valence-corrected chi connectivity index (χ1v) is 12.8. The summed E-state index contributed by atoms with van der Waals surface area (Å²) in [5, 5.41) is -0.285. The molecule has 2 atom stereocenters. The van der Waals surface area contributed by atoms with E-state index in [0.717, 1.165) is 8.61 Å². The Bertz CT molecular complexity index is 982. The lowest BCUT2D eigenvalue weighted by atomic mass is 9.91. The highest BCUT2D eigenvalue weighted by atomic mass is 32.2. The number of nitrogens with two attached hydrogens (primary N) is 1. The van der Waals surface area contributed by atoms with Crippen LogP contribution in [-0.4, -0.2) is 81.8 Å². The van der Waals surface area contributed by atoms with Gasteiger partial charge in [-0.2, -0.15) is 30.2 Å². The summed E-state index contributed by atoms with van der Waals surface area (Å²) in [6.45, 7) is -0.602. The van der Waals surface area contributed by atoms with Crippen LogP contribution in [0.25, 0.3) is 0 Å². The van der Waals surface area contributed by atoms with E-state index in [4.69, 9.17) is 10.5 Å². The lowest BCUT2D eigenvalue weighted by Gasteiger charge is -2.40. The van der Waals surface area contributed by atoms with Crippen molar-refractivity contribution >= 4 is 20.0 Å². The number of ether oxygens (including phenoxy) is 1. The summed E-state index contributed by atoms with van der Waals surface area (Å²) in [5.41, 5.74) is 6.03. The van der Waals surface area contributed by atoms with Crippen molar-refractivity contribution in [1.82, 2.24) is 13.6 Å². The molecular formula is C17H25F3N4O5S2. The number of nitrogens with zero attached hydrogens (tertiary/aromatic N) is 3. The Kier molecular flexibility index (Phi) is 7.28. The molecule has 1 aromatic heterocycles. The van der Waals surface area contributed by atoms with Gasteiger partial charge >= 0.3 is 6.18 Å². The van der Waals surface area contributed by atoms with Crippen molar-refractivity contribution < 1.29 is 34.7 Å². The Morgan fingerprint density at radius 3 is 2.42 bits per heavy atom. The van der Waals surface area contributed by atoms with E-state index in [-0.39, 0.29) is 44.4 Å². The van der Waals surface area contributed by atoms with Crippen LogP contribution in [0.3, 0.4) is 0 Å². The van der Waals surface area contributed by atoms with Gasteiger partial charge in [-0.25, -0.2) is 13.4 Å². The predicted octanol–water partition coefficient (Wildman–Crippen LogP) is 0.391. The summed E-state index contributed by atoms with van der Waals surface area (Å²) in [7, 11) is -8.23. The van der Waals surface area contributed by atoms with Crippen molar-refractivity contribution in [2.45, 2.75) is 24.2 Å². The highest BCUT2D eigenvalue weighted by Gasteiger charge is 2.48. The summed E-state index contributed by atoms with van der Waals surface area (Å²) >= 11 is 0. The van der Waals surface area contributed by atoms with Gasteiger partial charge in [0.15, 0.2) is 14.9 Å². The molecule has 3 heterocycles. The first kappa shape index (κ1) is 24.3. The second-order valence-electron chi connectivity index (χ2n) is 7.66. The van der Waals surface area contributed by atoms with Crippen molar-refractivity contribution in [2.24, 2.45) is 17.6 Å². The third-order valence-corrected chi connectivity index (χ3v) is 9.14. The maximum atomic E-state index is 13.5. The monoisotopic (exact) mass is 486 g/mol. The van der Waals surface area contributed by atoms with Crippen LogP contribution in [0, 0.1) is 11.8 Å². The highest BCUT2D eigenvalue weighted by Crippen LogP contribution is 2.37. The summed E-state index contributed by atoms with van der Waals surface area (Å²) < 4.78 is 99.0. The lowest BCUT2D eigenvalue weighted by molar-refractivity contribution is -0.186. The Hall–Kier alpha value is -1.32. The number of alkyl halides is 3. The molecule has 0 bridgehead atoms. The molecule has 2 aliphatic heterocycles. The minimum absolute atomic E-state index is 0.0360. The minimum Gasteiger partial charge on any atom is -0.379 e.